The van der Waals surface area contributed by atoms with Gasteiger partial charge in [0.1, 0.15) is 0 Å². The average molecular weight is 644 g/mol. The minimum absolute atomic E-state index is 0.266. The standard InChI is InChI=1S/C43H81NO2/c1-5-7-9-11-13-15-17-19-21-23-25-27-29-31-33-35-38-43(45-41-42(46-43)37-40-44(3)4)39-36-34-32-30-28-26-24-22-20-18-16-14-12-10-8-6-2/h7,9,19-22,42H,5-6,8,10-18,23-41H2,1-4H3/b9-7-,21-19-,22-20-. The Labute approximate surface area is 289 Å². The van der Waals surface area contributed by atoms with Crippen molar-refractivity contribution in [3.63, 3.8) is 0 Å². The van der Waals surface area contributed by atoms with Crippen LogP contribution >= 0.6 is 0 Å². The molecule has 1 saturated heterocycles. The highest BCUT2D eigenvalue weighted by atomic mass is 16.7. The molecular weight excluding hydrogens is 562 g/mol. The maximum absolute atomic E-state index is 6.68. The van der Waals surface area contributed by atoms with E-state index in [4.69, 9.17) is 9.47 Å². The zero-order valence-electron chi connectivity index (χ0n) is 31.7. The van der Waals surface area contributed by atoms with E-state index in [1.807, 2.05) is 0 Å². The number of ether oxygens (including phenoxy) is 2. The minimum atomic E-state index is -0.311. The zero-order valence-corrected chi connectivity index (χ0v) is 31.7. The fourth-order valence-corrected chi connectivity index (χ4v) is 6.60. The number of unbranched alkanes of at least 4 members (excludes halogenated alkanes) is 21. The van der Waals surface area contributed by atoms with Crippen molar-refractivity contribution in [2.75, 3.05) is 27.2 Å². The molecule has 1 aliphatic heterocycles. The van der Waals surface area contributed by atoms with Crippen molar-refractivity contribution in [1.29, 1.82) is 0 Å². The molecule has 0 N–H and O–H groups in total. The van der Waals surface area contributed by atoms with Gasteiger partial charge >= 0.3 is 0 Å². The second-order valence-corrected chi connectivity index (χ2v) is 14.5. The number of allylic oxidation sites excluding steroid dienone is 6. The molecule has 0 radical (unpaired) electrons. The fraction of sp³-hybridized carbons (Fsp3) is 0.860. The maximum atomic E-state index is 6.68. The van der Waals surface area contributed by atoms with E-state index >= 15 is 0 Å². The van der Waals surface area contributed by atoms with Gasteiger partial charge in [-0.2, -0.15) is 0 Å². The molecule has 270 valence electrons. The van der Waals surface area contributed by atoms with Gasteiger partial charge in [-0.3, -0.25) is 0 Å². The second-order valence-electron chi connectivity index (χ2n) is 14.5. The molecule has 1 heterocycles. The third-order valence-corrected chi connectivity index (χ3v) is 9.62. The number of rotatable bonds is 34. The molecule has 1 rings (SSSR count). The molecule has 46 heavy (non-hydrogen) atoms. The molecule has 0 bridgehead atoms. The molecule has 1 fully saturated rings. The summed E-state index contributed by atoms with van der Waals surface area (Å²) in [4.78, 5) is 2.26. The molecule has 2 unspecified atom stereocenters. The third kappa shape index (κ3) is 27.1. The van der Waals surface area contributed by atoms with Gasteiger partial charge in [-0.1, -0.05) is 134 Å². The van der Waals surface area contributed by atoms with Gasteiger partial charge in [-0.05, 0) is 104 Å². The number of nitrogens with zero attached hydrogens (tertiary/aromatic N) is 1. The van der Waals surface area contributed by atoms with Gasteiger partial charge in [-0.25, -0.2) is 0 Å². The molecule has 0 aromatic carbocycles. The number of hydrogen-bond donors (Lipinski definition) is 0. The molecule has 3 nitrogen and oxygen atoms in total. The monoisotopic (exact) mass is 644 g/mol. The predicted molar refractivity (Wildman–Crippen MR) is 205 cm³/mol. The van der Waals surface area contributed by atoms with Crippen LogP contribution in [-0.2, 0) is 9.47 Å². The Morgan fingerprint density at radius 1 is 0.522 bits per heavy atom. The van der Waals surface area contributed by atoms with E-state index in [2.05, 4.69) is 69.3 Å². The second kappa shape index (κ2) is 32.6. The van der Waals surface area contributed by atoms with Crippen molar-refractivity contribution in [3.05, 3.63) is 36.5 Å². The first-order valence-corrected chi connectivity index (χ1v) is 20.5. The highest BCUT2D eigenvalue weighted by Gasteiger charge is 2.40. The van der Waals surface area contributed by atoms with E-state index in [0.29, 0.717) is 0 Å². The van der Waals surface area contributed by atoms with Crippen molar-refractivity contribution in [2.24, 2.45) is 0 Å². The topological polar surface area (TPSA) is 21.7 Å². The SMILES string of the molecule is CC/C=C\CCCC/C=C\CCCCCCCCC1(CCCCCCCC/C=C\CCCCCCCC)OCC(CCN(C)C)O1. The summed E-state index contributed by atoms with van der Waals surface area (Å²) in [5, 5.41) is 0. The quantitative estimate of drug-likeness (QED) is 0.0514. The van der Waals surface area contributed by atoms with Gasteiger partial charge in [0, 0.05) is 19.4 Å². The van der Waals surface area contributed by atoms with E-state index < -0.39 is 0 Å². The Bertz CT molecular complexity index is 714. The summed E-state index contributed by atoms with van der Waals surface area (Å²) in [5.41, 5.74) is 0. The molecule has 0 saturated carbocycles. The zero-order chi connectivity index (χ0) is 33.2. The fourth-order valence-electron chi connectivity index (χ4n) is 6.60. The summed E-state index contributed by atoms with van der Waals surface area (Å²) in [6.07, 6.45) is 52.3. The van der Waals surface area contributed by atoms with Crippen LogP contribution in [0.5, 0.6) is 0 Å². The Morgan fingerprint density at radius 3 is 1.35 bits per heavy atom. The van der Waals surface area contributed by atoms with E-state index in [9.17, 15) is 0 Å². The van der Waals surface area contributed by atoms with Crippen LogP contribution < -0.4 is 0 Å². The van der Waals surface area contributed by atoms with Crippen molar-refractivity contribution in [3.8, 4) is 0 Å². The summed E-state index contributed by atoms with van der Waals surface area (Å²) in [7, 11) is 4.31. The Kier molecular flexibility index (Phi) is 30.6. The van der Waals surface area contributed by atoms with E-state index in [0.717, 1.165) is 32.4 Å². The molecule has 2 atom stereocenters. The van der Waals surface area contributed by atoms with Crippen LogP contribution in [0.25, 0.3) is 0 Å². The highest BCUT2D eigenvalue weighted by molar-refractivity contribution is 4.84. The van der Waals surface area contributed by atoms with Gasteiger partial charge in [-0.15, -0.1) is 0 Å². The van der Waals surface area contributed by atoms with Crippen LogP contribution in [0.2, 0.25) is 0 Å². The summed E-state index contributed by atoms with van der Waals surface area (Å²) in [5.74, 6) is -0.311. The van der Waals surface area contributed by atoms with Crippen molar-refractivity contribution < 1.29 is 9.47 Å². The van der Waals surface area contributed by atoms with Crippen LogP contribution in [0.15, 0.2) is 36.5 Å². The van der Waals surface area contributed by atoms with Gasteiger partial charge in [0.15, 0.2) is 5.79 Å². The summed E-state index contributed by atoms with van der Waals surface area (Å²) >= 11 is 0. The summed E-state index contributed by atoms with van der Waals surface area (Å²) < 4.78 is 13.2. The first kappa shape index (κ1) is 43.1. The smallest absolute Gasteiger partial charge is 0.168 e. The molecule has 3 heteroatoms. The third-order valence-electron chi connectivity index (χ3n) is 9.62. The molecule has 0 spiro atoms. The largest absolute Gasteiger partial charge is 0.347 e. The first-order valence-electron chi connectivity index (χ1n) is 20.5. The molecular formula is C43H81NO2. The van der Waals surface area contributed by atoms with Crippen LogP contribution in [0.4, 0.5) is 0 Å². The van der Waals surface area contributed by atoms with Crippen molar-refractivity contribution in [2.45, 2.75) is 212 Å². The minimum Gasteiger partial charge on any atom is -0.347 e. The molecule has 0 amide bonds. The Morgan fingerprint density at radius 2 is 0.913 bits per heavy atom. The molecule has 0 aromatic rings. The Balaban J connectivity index is 2.13. The van der Waals surface area contributed by atoms with Gasteiger partial charge in [0.25, 0.3) is 0 Å². The molecule has 1 aliphatic rings. The lowest BCUT2D eigenvalue weighted by atomic mass is 9.98. The number of hydrogen-bond acceptors (Lipinski definition) is 3. The lowest BCUT2D eigenvalue weighted by Crippen LogP contribution is -2.31. The Hall–Kier alpha value is -0.900. The lowest BCUT2D eigenvalue weighted by molar-refractivity contribution is -0.180. The summed E-state index contributed by atoms with van der Waals surface area (Å²) in [6.45, 7) is 6.36. The van der Waals surface area contributed by atoms with Crippen LogP contribution in [0.3, 0.4) is 0 Å². The molecule has 0 aromatic heterocycles. The van der Waals surface area contributed by atoms with E-state index in [1.54, 1.807) is 0 Å². The van der Waals surface area contributed by atoms with Crippen LogP contribution in [0.1, 0.15) is 200 Å². The van der Waals surface area contributed by atoms with E-state index in [1.165, 1.54) is 167 Å². The predicted octanol–water partition coefficient (Wildman–Crippen LogP) is 13.7. The van der Waals surface area contributed by atoms with Crippen LogP contribution in [-0.4, -0.2) is 44.0 Å². The van der Waals surface area contributed by atoms with Crippen LogP contribution in [0, 0.1) is 0 Å². The molecule has 0 aliphatic carbocycles. The van der Waals surface area contributed by atoms with Crippen molar-refractivity contribution in [1.82, 2.24) is 4.90 Å². The van der Waals surface area contributed by atoms with Gasteiger partial charge < -0.3 is 14.4 Å². The van der Waals surface area contributed by atoms with Gasteiger partial charge in [0.05, 0.1) is 12.7 Å². The van der Waals surface area contributed by atoms with Crippen molar-refractivity contribution >= 4 is 0 Å². The highest BCUT2D eigenvalue weighted by Crippen LogP contribution is 2.35. The summed E-state index contributed by atoms with van der Waals surface area (Å²) in [6, 6.07) is 0. The normalized spacial score (nSPS) is 18.8. The van der Waals surface area contributed by atoms with E-state index in [-0.39, 0.29) is 11.9 Å². The average Bonchev–Trinajstić information content (AvgIpc) is 3.46. The maximum Gasteiger partial charge on any atom is 0.168 e. The van der Waals surface area contributed by atoms with Gasteiger partial charge in [0.2, 0.25) is 0 Å². The lowest BCUT2D eigenvalue weighted by Gasteiger charge is -2.29. The first-order chi connectivity index (χ1) is 22.6.